The van der Waals surface area contributed by atoms with Gasteiger partial charge in [-0.15, -0.1) is 0 Å². The number of aromatic nitrogens is 1. The average Bonchev–Trinajstić information content (AvgIpc) is 2.49. The summed E-state index contributed by atoms with van der Waals surface area (Å²) in [5.41, 5.74) is 0. The first kappa shape index (κ1) is 17.4. The lowest BCUT2D eigenvalue weighted by atomic mass is 9.97. The fourth-order valence-corrected chi connectivity index (χ4v) is 4.24. The summed E-state index contributed by atoms with van der Waals surface area (Å²) in [4.78, 5) is 16.3. The predicted molar refractivity (Wildman–Crippen MR) is 88.9 cm³/mol. The van der Waals surface area contributed by atoms with Crippen LogP contribution in [0.3, 0.4) is 0 Å². The molecule has 0 radical (unpaired) electrons. The predicted octanol–water partition coefficient (Wildman–Crippen LogP) is 2.23. The number of pyridine rings is 1. The van der Waals surface area contributed by atoms with Gasteiger partial charge in [-0.25, -0.2) is 17.7 Å². The van der Waals surface area contributed by atoms with E-state index >= 15 is 0 Å². The Balaban J connectivity index is 1.88. The molecule has 1 aromatic heterocycles. The highest BCUT2D eigenvalue weighted by Crippen LogP contribution is 2.22. The number of piperidine rings is 1. The van der Waals surface area contributed by atoms with E-state index in [-0.39, 0.29) is 17.6 Å². The van der Waals surface area contributed by atoms with E-state index in [2.05, 4.69) is 26.2 Å². The maximum atomic E-state index is 12.2. The number of halogens is 1. The summed E-state index contributed by atoms with van der Waals surface area (Å²) in [6, 6.07) is 3.53. The van der Waals surface area contributed by atoms with E-state index in [1.165, 1.54) is 4.31 Å². The number of nitrogens with zero attached hydrogens (tertiary/aromatic N) is 2. The summed E-state index contributed by atoms with van der Waals surface area (Å²) in [5, 5.41) is 2.78. The second-order valence-corrected chi connectivity index (χ2v) is 8.34. The number of rotatable bonds is 5. The van der Waals surface area contributed by atoms with E-state index in [0.29, 0.717) is 38.2 Å². The van der Waals surface area contributed by atoms with Crippen molar-refractivity contribution in [3.8, 4) is 0 Å². The standard InChI is InChI=1S/C14H20BrN3O3S/c1-2-9-22(20,21)18-7-5-11(6-8-18)14(19)17-13-4-3-12(15)10-16-13/h3-4,10-11H,2,5-9H2,1H3,(H,16,17,19). The van der Waals surface area contributed by atoms with E-state index in [1.807, 2.05) is 13.0 Å². The van der Waals surface area contributed by atoms with E-state index < -0.39 is 10.0 Å². The first-order valence-electron chi connectivity index (χ1n) is 7.32. The largest absolute Gasteiger partial charge is 0.310 e. The molecular weight excluding hydrogens is 370 g/mol. The van der Waals surface area contributed by atoms with Gasteiger partial charge in [0.2, 0.25) is 15.9 Å². The van der Waals surface area contributed by atoms with Crippen molar-refractivity contribution in [3.63, 3.8) is 0 Å². The number of amides is 1. The maximum Gasteiger partial charge on any atom is 0.228 e. The van der Waals surface area contributed by atoms with Crippen molar-refractivity contribution in [3.05, 3.63) is 22.8 Å². The van der Waals surface area contributed by atoms with E-state index in [1.54, 1.807) is 12.3 Å². The Hall–Kier alpha value is -0.990. The molecule has 1 aromatic rings. The number of sulfonamides is 1. The molecule has 0 saturated carbocycles. The third kappa shape index (κ3) is 4.50. The molecule has 2 rings (SSSR count). The summed E-state index contributed by atoms with van der Waals surface area (Å²) >= 11 is 3.29. The number of anilines is 1. The highest BCUT2D eigenvalue weighted by atomic mass is 79.9. The minimum absolute atomic E-state index is 0.0950. The number of hydrogen-bond acceptors (Lipinski definition) is 4. The first-order valence-corrected chi connectivity index (χ1v) is 9.73. The zero-order valence-electron chi connectivity index (χ0n) is 12.5. The average molecular weight is 390 g/mol. The molecule has 22 heavy (non-hydrogen) atoms. The van der Waals surface area contributed by atoms with Crippen LogP contribution in [0.25, 0.3) is 0 Å². The Kier molecular flexibility index (Phi) is 5.94. The van der Waals surface area contributed by atoms with Gasteiger partial charge in [0.25, 0.3) is 0 Å². The smallest absolute Gasteiger partial charge is 0.228 e. The van der Waals surface area contributed by atoms with Crippen LogP contribution in [-0.4, -0.2) is 42.5 Å². The van der Waals surface area contributed by atoms with Gasteiger partial charge in [-0.2, -0.15) is 0 Å². The summed E-state index contributed by atoms with van der Waals surface area (Å²) in [5.74, 6) is 0.419. The topological polar surface area (TPSA) is 79.4 Å². The molecule has 0 unspecified atom stereocenters. The Morgan fingerprint density at radius 1 is 1.41 bits per heavy atom. The molecule has 1 fully saturated rings. The van der Waals surface area contributed by atoms with E-state index in [0.717, 1.165) is 4.47 Å². The molecule has 1 aliphatic heterocycles. The number of carbonyl (C=O) groups is 1. The summed E-state index contributed by atoms with van der Waals surface area (Å²) < 4.78 is 26.3. The molecule has 0 aliphatic carbocycles. The normalized spacial score (nSPS) is 17.4. The second kappa shape index (κ2) is 7.52. The van der Waals surface area contributed by atoms with Crippen molar-refractivity contribution in [2.24, 2.45) is 5.92 Å². The van der Waals surface area contributed by atoms with Crippen molar-refractivity contribution >= 4 is 37.7 Å². The molecule has 1 amide bonds. The van der Waals surface area contributed by atoms with Crippen molar-refractivity contribution < 1.29 is 13.2 Å². The van der Waals surface area contributed by atoms with Gasteiger partial charge in [0.1, 0.15) is 5.82 Å². The Morgan fingerprint density at radius 3 is 2.64 bits per heavy atom. The molecule has 0 atom stereocenters. The number of hydrogen-bond donors (Lipinski definition) is 1. The molecule has 1 aliphatic rings. The SMILES string of the molecule is CCCS(=O)(=O)N1CCC(C(=O)Nc2ccc(Br)cn2)CC1. The first-order chi connectivity index (χ1) is 10.4. The third-order valence-corrected chi connectivity index (χ3v) is 6.20. The Labute approximate surface area is 139 Å². The van der Waals surface area contributed by atoms with Gasteiger partial charge < -0.3 is 5.32 Å². The molecule has 122 valence electrons. The molecule has 1 N–H and O–H groups in total. The van der Waals surface area contributed by atoms with Gasteiger partial charge in [-0.3, -0.25) is 4.79 Å². The van der Waals surface area contributed by atoms with Crippen LogP contribution in [0.2, 0.25) is 0 Å². The highest BCUT2D eigenvalue weighted by molar-refractivity contribution is 9.10. The lowest BCUT2D eigenvalue weighted by molar-refractivity contribution is -0.120. The van der Waals surface area contributed by atoms with Crippen LogP contribution in [0.1, 0.15) is 26.2 Å². The van der Waals surface area contributed by atoms with Crippen molar-refractivity contribution in [1.29, 1.82) is 0 Å². The van der Waals surface area contributed by atoms with Crippen LogP contribution in [0.4, 0.5) is 5.82 Å². The molecule has 0 aromatic carbocycles. The summed E-state index contributed by atoms with van der Waals surface area (Å²) in [6.45, 7) is 2.67. The molecule has 2 heterocycles. The summed E-state index contributed by atoms with van der Waals surface area (Å²) in [6.07, 6.45) is 3.32. The van der Waals surface area contributed by atoms with Gasteiger partial charge in [-0.1, -0.05) is 6.92 Å². The Morgan fingerprint density at radius 2 is 2.09 bits per heavy atom. The van der Waals surface area contributed by atoms with E-state index in [4.69, 9.17) is 0 Å². The van der Waals surface area contributed by atoms with Gasteiger partial charge in [0, 0.05) is 29.7 Å². The van der Waals surface area contributed by atoms with Gasteiger partial charge in [0.15, 0.2) is 0 Å². The molecule has 0 spiro atoms. The highest BCUT2D eigenvalue weighted by Gasteiger charge is 2.30. The molecule has 6 nitrogen and oxygen atoms in total. The third-order valence-electron chi connectivity index (χ3n) is 3.66. The van der Waals surface area contributed by atoms with Crippen LogP contribution in [0.5, 0.6) is 0 Å². The zero-order chi connectivity index (χ0) is 16.2. The molecule has 1 saturated heterocycles. The van der Waals surface area contributed by atoms with Gasteiger partial charge in [-0.05, 0) is 47.3 Å². The zero-order valence-corrected chi connectivity index (χ0v) is 14.9. The van der Waals surface area contributed by atoms with Gasteiger partial charge >= 0.3 is 0 Å². The molecular formula is C14H20BrN3O3S. The van der Waals surface area contributed by atoms with Crippen molar-refractivity contribution in [2.45, 2.75) is 26.2 Å². The number of carbonyl (C=O) groups excluding carboxylic acids is 1. The van der Waals surface area contributed by atoms with Crippen LogP contribution in [0.15, 0.2) is 22.8 Å². The lowest BCUT2D eigenvalue weighted by Gasteiger charge is -2.30. The lowest BCUT2D eigenvalue weighted by Crippen LogP contribution is -2.42. The number of nitrogens with one attached hydrogen (secondary N) is 1. The maximum absolute atomic E-state index is 12.2. The second-order valence-electron chi connectivity index (χ2n) is 5.34. The van der Waals surface area contributed by atoms with Crippen LogP contribution in [-0.2, 0) is 14.8 Å². The minimum Gasteiger partial charge on any atom is -0.310 e. The minimum atomic E-state index is -3.16. The molecule has 0 bridgehead atoms. The van der Waals surface area contributed by atoms with Crippen molar-refractivity contribution in [1.82, 2.24) is 9.29 Å². The fraction of sp³-hybridized carbons (Fsp3) is 0.571. The Bertz CT molecular complexity index is 611. The van der Waals surface area contributed by atoms with Crippen LogP contribution < -0.4 is 5.32 Å². The van der Waals surface area contributed by atoms with Crippen LogP contribution >= 0.6 is 15.9 Å². The fourth-order valence-electron chi connectivity index (χ4n) is 2.46. The van der Waals surface area contributed by atoms with Crippen molar-refractivity contribution in [2.75, 3.05) is 24.2 Å². The van der Waals surface area contributed by atoms with Crippen LogP contribution in [0, 0.1) is 5.92 Å². The van der Waals surface area contributed by atoms with E-state index in [9.17, 15) is 13.2 Å². The van der Waals surface area contributed by atoms with Gasteiger partial charge in [0.05, 0.1) is 5.75 Å². The monoisotopic (exact) mass is 389 g/mol. The summed E-state index contributed by atoms with van der Waals surface area (Å²) in [7, 11) is -3.16. The molecule has 8 heteroatoms. The quantitative estimate of drug-likeness (QED) is 0.836.